The number of benzene rings is 1. The summed E-state index contributed by atoms with van der Waals surface area (Å²) in [5.41, 5.74) is -0.539. The molecule has 0 saturated carbocycles. The van der Waals surface area contributed by atoms with Crippen LogP contribution in [0.15, 0.2) is 65.8 Å². The smallest absolute Gasteiger partial charge is 0.416 e. The van der Waals surface area contributed by atoms with Crippen LogP contribution < -0.4 is 10.1 Å². The molecular weight excluding hydrogens is 419 g/mol. The topological polar surface area (TPSA) is 56.5 Å². The number of rotatable bonds is 8. The highest BCUT2D eigenvalue weighted by Crippen LogP contribution is 2.29. The van der Waals surface area contributed by atoms with Crippen LogP contribution in [0.4, 0.5) is 13.2 Å². The van der Waals surface area contributed by atoms with Gasteiger partial charge in [-0.15, -0.1) is 0 Å². The van der Waals surface area contributed by atoms with Crippen LogP contribution in [0.2, 0.25) is 0 Å². The molecule has 0 saturated heterocycles. The summed E-state index contributed by atoms with van der Waals surface area (Å²) in [5, 5.41) is 4.70. The summed E-state index contributed by atoms with van der Waals surface area (Å²) in [7, 11) is 0. The monoisotopic (exact) mass is 445 g/mol. The maximum absolute atomic E-state index is 12.9. The minimum Gasteiger partial charge on any atom is -0.478 e. The van der Waals surface area contributed by atoms with Gasteiger partial charge in [0.05, 0.1) is 36.2 Å². The number of carbonyl (C=O) groups excluding carboxylic acids is 1. The van der Waals surface area contributed by atoms with Gasteiger partial charge in [-0.25, -0.2) is 9.67 Å². The maximum atomic E-state index is 12.9. The highest BCUT2D eigenvalue weighted by molar-refractivity contribution is 5.79. The summed E-state index contributed by atoms with van der Waals surface area (Å²) < 4.78 is 46.3. The molecule has 1 aliphatic carbocycles. The van der Waals surface area contributed by atoms with Crippen molar-refractivity contribution in [1.29, 1.82) is 0 Å². The normalized spacial score (nSPS) is 14.7. The van der Waals surface area contributed by atoms with Gasteiger partial charge in [0.25, 0.3) is 5.91 Å². The molecule has 1 aliphatic rings. The van der Waals surface area contributed by atoms with Gasteiger partial charge in [0.1, 0.15) is 0 Å². The summed E-state index contributed by atoms with van der Waals surface area (Å²) in [6.07, 6.45) is 8.73. The van der Waals surface area contributed by atoms with Gasteiger partial charge >= 0.3 is 6.18 Å². The zero-order chi connectivity index (χ0) is 23.0. The number of nitrogens with zero attached hydrogens (tertiary/aromatic N) is 3. The summed E-state index contributed by atoms with van der Waals surface area (Å²) in [4.78, 5) is 16.4. The van der Waals surface area contributed by atoms with E-state index in [2.05, 4.69) is 17.0 Å². The second-order valence-electron chi connectivity index (χ2n) is 7.52. The first kappa shape index (κ1) is 23.5. The number of ether oxygens (including phenoxy) is 1. The Kier molecular flexibility index (Phi) is 8.03. The predicted molar refractivity (Wildman–Crippen MR) is 115 cm³/mol. The molecule has 1 heterocycles. The van der Waals surface area contributed by atoms with E-state index in [1.54, 1.807) is 10.7 Å². The Bertz CT molecular complexity index is 1040. The lowest BCUT2D eigenvalue weighted by molar-refractivity contribution is -0.137. The van der Waals surface area contributed by atoms with Crippen LogP contribution in [0, 0.1) is 0 Å². The molecule has 1 aromatic carbocycles. The Morgan fingerprint density at radius 2 is 2.00 bits per heavy atom. The van der Waals surface area contributed by atoms with Crippen molar-refractivity contribution < 1.29 is 22.7 Å². The zero-order valence-corrected chi connectivity index (χ0v) is 17.9. The van der Waals surface area contributed by atoms with Crippen LogP contribution in [0.25, 0.3) is 0 Å². The highest BCUT2D eigenvalue weighted by Gasteiger charge is 2.30. The number of amides is 1. The molecule has 1 aromatic heterocycles. The summed E-state index contributed by atoms with van der Waals surface area (Å²) in [5.74, 6) is -0.0753. The molecule has 0 fully saturated rings. The number of allylic oxidation sites excluding steroid dienone is 4. The molecule has 8 heteroatoms. The zero-order valence-electron chi connectivity index (χ0n) is 17.9. The average molecular weight is 445 g/mol. The fourth-order valence-corrected chi connectivity index (χ4v) is 3.29. The molecule has 32 heavy (non-hydrogen) atoms. The van der Waals surface area contributed by atoms with Gasteiger partial charge in [0, 0.05) is 6.07 Å². The first-order valence-electron chi connectivity index (χ1n) is 10.7. The molecule has 1 amide bonds. The van der Waals surface area contributed by atoms with Gasteiger partial charge in [-0.05, 0) is 24.5 Å². The third kappa shape index (κ3) is 6.67. The fourth-order valence-electron chi connectivity index (χ4n) is 3.29. The van der Waals surface area contributed by atoms with Crippen molar-refractivity contribution in [3.8, 4) is 5.88 Å². The molecule has 0 spiro atoms. The van der Waals surface area contributed by atoms with E-state index in [9.17, 15) is 18.0 Å². The lowest BCUT2D eigenvalue weighted by atomic mass is 10.1. The van der Waals surface area contributed by atoms with Gasteiger partial charge in [-0.2, -0.15) is 18.3 Å². The number of carbonyl (C=O) groups is 1. The standard InChI is InChI=1S/C24H26F3N3O2/c1-2-3-7-13-32-23-16-20(17-28-30(23)21-11-5-4-6-12-21)29-22(31)15-18-9-8-10-19(14-18)24(25,26)27/h5-6,8-12,14,16-17,21H,2-4,7,13,15H2,1H3. The van der Waals surface area contributed by atoms with Crippen molar-refractivity contribution in [3.63, 3.8) is 0 Å². The summed E-state index contributed by atoms with van der Waals surface area (Å²) >= 11 is 0. The molecule has 0 radical (unpaired) electrons. The van der Waals surface area contributed by atoms with E-state index in [1.165, 1.54) is 18.3 Å². The Hall–Kier alpha value is -3.16. The van der Waals surface area contributed by atoms with Crippen molar-refractivity contribution in [2.24, 2.45) is 4.99 Å². The van der Waals surface area contributed by atoms with E-state index >= 15 is 0 Å². The number of halogens is 3. The number of alkyl halides is 3. The highest BCUT2D eigenvalue weighted by atomic mass is 19.4. The Labute approximate surface area is 184 Å². The molecular formula is C24H26F3N3O2. The van der Waals surface area contributed by atoms with E-state index in [4.69, 9.17) is 4.74 Å². The SMILES string of the molecule is CCCCCOc1cc(=NC(=O)Cc2cccc(C(F)(F)F)c2)cnn1C1C=CCC=C1. The van der Waals surface area contributed by atoms with Crippen LogP contribution in [0.3, 0.4) is 0 Å². The first-order valence-corrected chi connectivity index (χ1v) is 10.7. The van der Waals surface area contributed by atoms with E-state index < -0.39 is 17.6 Å². The molecule has 170 valence electrons. The van der Waals surface area contributed by atoms with Gasteiger partial charge in [-0.1, -0.05) is 62.3 Å². The Morgan fingerprint density at radius 3 is 2.72 bits per heavy atom. The van der Waals surface area contributed by atoms with Crippen LogP contribution in [0.1, 0.15) is 49.8 Å². The van der Waals surface area contributed by atoms with E-state index in [0.717, 1.165) is 37.8 Å². The van der Waals surface area contributed by atoms with Crippen molar-refractivity contribution in [1.82, 2.24) is 9.78 Å². The lowest BCUT2D eigenvalue weighted by Gasteiger charge is -2.18. The third-order valence-corrected chi connectivity index (χ3v) is 4.89. The van der Waals surface area contributed by atoms with Crippen molar-refractivity contribution in [2.75, 3.05) is 6.61 Å². The number of aromatic nitrogens is 2. The molecule has 5 nitrogen and oxygen atoms in total. The lowest BCUT2D eigenvalue weighted by Crippen LogP contribution is -2.19. The molecule has 0 N–H and O–H groups in total. The molecule has 0 aliphatic heterocycles. The van der Waals surface area contributed by atoms with Crippen molar-refractivity contribution in [3.05, 3.63) is 77.3 Å². The molecule has 0 unspecified atom stereocenters. The van der Waals surface area contributed by atoms with Gasteiger partial charge in [-0.3, -0.25) is 4.79 Å². The average Bonchev–Trinajstić information content (AvgIpc) is 2.77. The largest absolute Gasteiger partial charge is 0.478 e. The second kappa shape index (κ2) is 10.9. The van der Waals surface area contributed by atoms with Crippen LogP contribution in [-0.2, 0) is 17.4 Å². The van der Waals surface area contributed by atoms with E-state index in [-0.39, 0.29) is 18.0 Å². The maximum Gasteiger partial charge on any atom is 0.416 e. The van der Waals surface area contributed by atoms with Crippen molar-refractivity contribution in [2.45, 2.75) is 51.2 Å². The number of hydrogen-bond acceptors (Lipinski definition) is 3. The Balaban J connectivity index is 1.81. The van der Waals surface area contributed by atoms with E-state index in [0.29, 0.717) is 17.8 Å². The number of hydrogen-bond donors (Lipinski definition) is 0. The van der Waals surface area contributed by atoms with Gasteiger partial charge in [0.15, 0.2) is 0 Å². The second-order valence-corrected chi connectivity index (χ2v) is 7.52. The van der Waals surface area contributed by atoms with Gasteiger partial charge in [0.2, 0.25) is 5.88 Å². The van der Waals surface area contributed by atoms with Gasteiger partial charge < -0.3 is 4.74 Å². The molecule has 0 atom stereocenters. The first-order chi connectivity index (χ1) is 15.4. The Morgan fingerprint density at radius 1 is 1.22 bits per heavy atom. The molecule has 3 rings (SSSR count). The molecule has 2 aromatic rings. The van der Waals surface area contributed by atoms with E-state index in [1.807, 2.05) is 24.3 Å². The summed E-state index contributed by atoms with van der Waals surface area (Å²) in [6, 6.07) is 6.24. The summed E-state index contributed by atoms with van der Waals surface area (Å²) in [6.45, 7) is 2.62. The molecule has 0 bridgehead atoms. The van der Waals surface area contributed by atoms with Crippen LogP contribution >= 0.6 is 0 Å². The predicted octanol–water partition coefficient (Wildman–Crippen LogP) is 5.20. The minimum atomic E-state index is -4.46. The van der Waals surface area contributed by atoms with Crippen LogP contribution in [0.5, 0.6) is 5.88 Å². The van der Waals surface area contributed by atoms with Crippen molar-refractivity contribution >= 4 is 5.91 Å². The minimum absolute atomic E-state index is 0.0974. The van der Waals surface area contributed by atoms with Crippen LogP contribution in [-0.4, -0.2) is 22.3 Å². The number of unbranched alkanes of at least 4 members (excludes halogenated alkanes) is 2. The third-order valence-electron chi connectivity index (χ3n) is 4.89. The fraction of sp³-hybridized carbons (Fsp3) is 0.375. The quantitative estimate of drug-likeness (QED) is 0.415.